The molecule has 0 radical (unpaired) electrons. The smallest absolute Gasteiger partial charge is 0.144 e. The molecule has 1 rings (SSSR count). The lowest BCUT2D eigenvalue weighted by molar-refractivity contribution is 0.341. The molecule has 0 atom stereocenters. The summed E-state index contributed by atoms with van der Waals surface area (Å²) in [5.41, 5.74) is 12.4. The van der Waals surface area contributed by atoms with Crippen molar-refractivity contribution in [3.05, 3.63) is 12.1 Å². The van der Waals surface area contributed by atoms with Crippen molar-refractivity contribution in [2.45, 2.75) is 6.92 Å². The van der Waals surface area contributed by atoms with E-state index in [0.29, 0.717) is 29.5 Å². The van der Waals surface area contributed by atoms with Gasteiger partial charge in [-0.1, -0.05) is 0 Å². The minimum Gasteiger partial charge on any atom is -0.495 e. The number of hydrogen-bond acceptors (Lipinski definition) is 4. The van der Waals surface area contributed by atoms with E-state index in [9.17, 15) is 0 Å². The van der Waals surface area contributed by atoms with Crippen LogP contribution in [0, 0.1) is 0 Å². The molecule has 0 heterocycles. The van der Waals surface area contributed by atoms with Crippen molar-refractivity contribution in [3.8, 4) is 11.5 Å². The fraction of sp³-hybridized carbons (Fsp3) is 0.333. The summed E-state index contributed by atoms with van der Waals surface area (Å²) in [6.45, 7) is 2.45. The van der Waals surface area contributed by atoms with E-state index in [1.165, 1.54) is 0 Å². The van der Waals surface area contributed by atoms with E-state index < -0.39 is 0 Å². The molecule has 1 aromatic carbocycles. The Labute approximate surface area is 77.4 Å². The SMILES string of the molecule is CCOc1cc(N)c(OC)cc1N. The third kappa shape index (κ3) is 1.96. The van der Waals surface area contributed by atoms with Gasteiger partial charge in [-0.3, -0.25) is 0 Å². The molecule has 72 valence electrons. The van der Waals surface area contributed by atoms with Crippen LogP contribution in [-0.2, 0) is 0 Å². The highest BCUT2D eigenvalue weighted by Gasteiger charge is 2.05. The molecule has 0 fully saturated rings. The van der Waals surface area contributed by atoms with E-state index in [0.717, 1.165) is 0 Å². The summed E-state index contributed by atoms with van der Waals surface area (Å²) < 4.78 is 10.3. The zero-order valence-electron chi connectivity index (χ0n) is 7.83. The van der Waals surface area contributed by atoms with Crippen LogP contribution in [0.5, 0.6) is 11.5 Å². The first-order valence-electron chi connectivity index (χ1n) is 4.04. The summed E-state index contributed by atoms with van der Waals surface area (Å²) in [4.78, 5) is 0. The lowest BCUT2D eigenvalue weighted by Crippen LogP contribution is -2.00. The van der Waals surface area contributed by atoms with Gasteiger partial charge in [-0.05, 0) is 6.92 Å². The monoisotopic (exact) mass is 182 g/mol. The third-order valence-corrected chi connectivity index (χ3v) is 1.66. The molecule has 4 nitrogen and oxygen atoms in total. The van der Waals surface area contributed by atoms with Crippen molar-refractivity contribution >= 4 is 11.4 Å². The van der Waals surface area contributed by atoms with Gasteiger partial charge in [0.1, 0.15) is 11.5 Å². The number of nitrogens with two attached hydrogens (primary N) is 2. The minimum atomic E-state index is 0.528. The van der Waals surface area contributed by atoms with E-state index in [4.69, 9.17) is 20.9 Å². The second-order valence-electron chi connectivity index (χ2n) is 2.56. The molecule has 0 saturated carbocycles. The van der Waals surface area contributed by atoms with Gasteiger partial charge in [0, 0.05) is 12.1 Å². The van der Waals surface area contributed by atoms with Crippen molar-refractivity contribution in [2.24, 2.45) is 0 Å². The predicted molar refractivity (Wildman–Crippen MR) is 53.0 cm³/mol. The Morgan fingerprint density at radius 1 is 1.15 bits per heavy atom. The Morgan fingerprint density at radius 3 is 2.23 bits per heavy atom. The van der Waals surface area contributed by atoms with Gasteiger partial charge >= 0.3 is 0 Å². The average molecular weight is 182 g/mol. The summed E-state index contributed by atoms with van der Waals surface area (Å²) in [6.07, 6.45) is 0. The van der Waals surface area contributed by atoms with Crippen molar-refractivity contribution in [3.63, 3.8) is 0 Å². The van der Waals surface area contributed by atoms with Crippen molar-refractivity contribution in [1.82, 2.24) is 0 Å². The van der Waals surface area contributed by atoms with Gasteiger partial charge in [0.05, 0.1) is 25.1 Å². The summed E-state index contributed by atoms with van der Waals surface area (Å²) >= 11 is 0. The van der Waals surface area contributed by atoms with Crippen LogP contribution in [0.25, 0.3) is 0 Å². The summed E-state index contributed by atoms with van der Waals surface area (Å²) in [7, 11) is 1.55. The summed E-state index contributed by atoms with van der Waals surface area (Å²) in [5.74, 6) is 1.17. The second kappa shape index (κ2) is 3.89. The van der Waals surface area contributed by atoms with E-state index in [-0.39, 0.29) is 0 Å². The Balaban J connectivity index is 3.05. The van der Waals surface area contributed by atoms with E-state index in [1.807, 2.05) is 6.92 Å². The average Bonchev–Trinajstić information content (AvgIpc) is 2.11. The van der Waals surface area contributed by atoms with E-state index in [2.05, 4.69) is 0 Å². The Kier molecular flexibility index (Phi) is 2.84. The molecular weight excluding hydrogens is 168 g/mol. The number of nitrogen functional groups attached to an aromatic ring is 2. The van der Waals surface area contributed by atoms with Crippen LogP contribution in [-0.4, -0.2) is 13.7 Å². The molecule has 0 bridgehead atoms. The number of benzene rings is 1. The van der Waals surface area contributed by atoms with Gasteiger partial charge in [0.25, 0.3) is 0 Å². The summed E-state index contributed by atoms with van der Waals surface area (Å²) in [6, 6.07) is 3.32. The van der Waals surface area contributed by atoms with Gasteiger partial charge in [0.15, 0.2) is 0 Å². The zero-order chi connectivity index (χ0) is 9.84. The van der Waals surface area contributed by atoms with Crippen molar-refractivity contribution in [1.29, 1.82) is 0 Å². The van der Waals surface area contributed by atoms with Crippen LogP contribution in [0.2, 0.25) is 0 Å². The van der Waals surface area contributed by atoms with Gasteiger partial charge < -0.3 is 20.9 Å². The highest BCUT2D eigenvalue weighted by atomic mass is 16.5. The summed E-state index contributed by atoms with van der Waals surface area (Å²) in [5, 5.41) is 0. The van der Waals surface area contributed by atoms with Crippen LogP contribution in [0.4, 0.5) is 11.4 Å². The lowest BCUT2D eigenvalue weighted by Gasteiger charge is -2.10. The van der Waals surface area contributed by atoms with E-state index in [1.54, 1.807) is 19.2 Å². The molecule has 0 amide bonds. The number of hydrogen-bond donors (Lipinski definition) is 2. The molecular formula is C9H14N2O2. The maximum atomic E-state index is 5.69. The third-order valence-electron chi connectivity index (χ3n) is 1.66. The number of anilines is 2. The highest BCUT2D eigenvalue weighted by Crippen LogP contribution is 2.32. The quantitative estimate of drug-likeness (QED) is 0.690. The zero-order valence-corrected chi connectivity index (χ0v) is 7.83. The number of ether oxygens (including phenoxy) is 2. The lowest BCUT2D eigenvalue weighted by atomic mass is 10.2. The molecule has 1 aromatic rings. The number of rotatable bonds is 3. The van der Waals surface area contributed by atoms with Gasteiger partial charge in [-0.2, -0.15) is 0 Å². The first-order valence-corrected chi connectivity index (χ1v) is 4.04. The fourth-order valence-corrected chi connectivity index (χ4v) is 1.05. The Morgan fingerprint density at radius 2 is 1.69 bits per heavy atom. The van der Waals surface area contributed by atoms with Crippen LogP contribution < -0.4 is 20.9 Å². The molecule has 13 heavy (non-hydrogen) atoms. The molecule has 4 heteroatoms. The van der Waals surface area contributed by atoms with Gasteiger partial charge in [-0.15, -0.1) is 0 Å². The highest BCUT2D eigenvalue weighted by molar-refractivity contribution is 5.67. The fourth-order valence-electron chi connectivity index (χ4n) is 1.05. The Hall–Kier alpha value is -1.58. The molecule has 0 aromatic heterocycles. The van der Waals surface area contributed by atoms with Crippen LogP contribution in [0.1, 0.15) is 6.92 Å². The van der Waals surface area contributed by atoms with Crippen molar-refractivity contribution in [2.75, 3.05) is 25.2 Å². The topological polar surface area (TPSA) is 70.5 Å². The van der Waals surface area contributed by atoms with Crippen molar-refractivity contribution < 1.29 is 9.47 Å². The molecule has 0 spiro atoms. The first-order chi connectivity index (χ1) is 6.19. The molecule has 0 saturated heterocycles. The first kappa shape index (κ1) is 9.51. The molecule has 0 aliphatic heterocycles. The van der Waals surface area contributed by atoms with Crippen LogP contribution >= 0.6 is 0 Å². The maximum Gasteiger partial charge on any atom is 0.144 e. The predicted octanol–water partition coefficient (Wildman–Crippen LogP) is 1.26. The Bertz CT molecular complexity index is 300. The van der Waals surface area contributed by atoms with Gasteiger partial charge in [-0.25, -0.2) is 0 Å². The van der Waals surface area contributed by atoms with Crippen LogP contribution in [0.3, 0.4) is 0 Å². The normalized spacial score (nSPS) is 9.69. The second-order valence-corrected chi connectivity index (χ2v) is 2.56. The maximum absolute atomic E-state index is 5.69. The molecule has 0 unspecified atom stereocenters. The van der Waals surface area contributed by atoms with Gasteiger partial charge in [0.2, 0.25) is 0 Å². The number of methoxy groups -OCH3 is 1. The van der Waals surface area contributed by atoms with Crippen LogP contribution in [0.15, 0.2) is 12.1 Å². The molecule has 4 N–H and O–H groups in total. The standard InChI is InChI=1S/C9H14N2O2/c1-3-13-9-5-6(10)8(12-2)4-7(9)11/h4-5H,3,10-11H2,1-2H3. The van der Waals surface area contributed by atoms with E-state index >= 15 is 0 Å². The largest absolute Gasteiger partial charge is 0.495 e. The molecule has 0 aliphatic carbocycles. The molecule has 0 aliphatic rings. The minimum absolute atomic E-state index is 0.528.